The number of aromatic nitrogens is 2. The first kappa shape index (κ1) is 14.3. The van der Waals surface area contributed by atoms with Crippen LogP contribution in [0.1, 0.15) is 11.4 Å². The molecule has 0 radical (unpaired) electrons. The lowest BCUT2D eigenvalue weighted by atomic mass is 10.2. The van der Waals surface area contributed by atoms with Crippen LogP contribution in [0.2, 0.25) is 0 Å². The molecule has 0 aliphatic carbocycles. The monoisotopic (exact) mass is 273 g/mol. The fraction of sp³-hybridized carbons (Fsp3) is 0.333. The highest BCUT2D eigenvalue weighted by molar-refractivity contribution is 5.77. The van der Waals surface area contributed by atoms with Crippen LogP contribution in [-0.2, 0) is 22.5 Å². The quantitative estimate of drug-likeness (QED) is 0.825. The van der Waals surface area contributed by atoms with E-state index in [0.29, 0.717) is 13.0 Å². The molecule has 2 aromatic rings. The number of carbonyl (C=O) groups is 1. The predicted octanol–water partition coefficient (Wildman–Crippen LogP) is 1.24. The maximum absolute atomic E-state index is 11.3. The number of hydrogen-bond donors (Lipinski definition) is 1. The third-order valence-electron chi connectivity index (χ3n) is 2.94. The Bertz CT molecular complexity index is 537. The van der Waals surface area contributed by atoms with Crippen LogP contribution in [0.15, 0.2) is 42.7 Å². The molecule has 5 nitrogen and oxygen atoms in total. The van der Waals surface area contributed by atoms with E-state index in [4.69, 9.17) is 4.74 Å². The Hall–Kier alpha value is -2.14. The second-order valence-electron chi connectivity index (χ2n) is 4.49. The molecular weight excluding hydrogens is 254 g/mol. The van der Waals surface area contributed by atoms with E-state index in [0.717, 1.165) is 12.4 Å². The van der Waals surface area contributed by atoms with Gasteiger partial charge in [0, 0.05) is 39.0 Å². The Kier molecular flexibility index (Phi) is 5.32. The van der Waals surface area contributed by atoms with Gasteiger partial charge in [0.15, 0.2) is 0 Å². The van der Waals surface area contributed by atoms with E-state index in [2.05, 4.69) is 27.0 Å². The summed E-state index contributed by atoms with van der Waals surface area (Å²) in [5.41, 5.74) is 1.23. The van der Waals surface area contributed by atoms with E-state index in [-0.39, 0.29) is 12.5 Å². The van der Waals surface area contributed by atoms with Crippen LogP contribution in [0.3, 0.4) is 0 Å². The van der Waals surface area contributed by atoms with Gasteiger partial charge in [-0.1, -0.05) is 30.3 Å². The summed E-state index contributed by atoms with van der Waals surface area (Å²) < 4.78 is 6.86. The van der Waals surface area contributed by atoms with Crippen molar-refractivity contribution >= 4 is 5.91 Å². The number of imidazole rings is 1. The molecular formula is C15H19N3O2. The molecule has 5 heteroatoms. The minimum absolute atomic E-state index is 0.0957. The minimum Gasteiger partial charge on any atom is -0.375 e. The normalized spacial score (nSPS) is 10.4. The third kappa shape index (κ3) is 4.20. The summed E-state index contributed by atoms with van der Waals surface area (Å²) >= 11 is 0. The Morgan fingerprint density at radius 1 is 1.35 bits per heavy atom. The van der Waals surface area contributed by atoms with E-state index in [1.807, 2.05) is 24.4 Å². The van der Waals surface area contributed by atoms with Crippen LogP contribution in [0.25, 0.3) is 0 Å². The Labute approximate surface area is 118 Å². The maximum atomic E-state index is 11.3. The first-order chi connectivity index (χ1) is 9.79. The SMILES string of the molecule is COCC(=O)NCCc1nccn1Cc1ccccc1. The van der Waals surface area contributed by atoms with Crippen LogP contribution in [0.5, 0.6) is 0 Å². The zero-order chi connectivity index (χ0) is 14.2. The lowest BCUT2D eigenvalue weighted by Crippen LogP contribution is -2.29. The summed E-state index contributed by atoms with van der Waals surface area (Å²) in [6.45, 7) is 1.45. The van der Waals surface area contributed by atoms with Crippen LogP contribution in [0.4, 0.5) is 0 Å². The highest BCUT2D eigenvalue weighted by Crippen LogP contribution is 2.05. The average molecular weight is 273 g/mol. The van der Waals surface area contributed by atoms with Gasteiger partial charge in [0.25, 0.3) is 0 Å². The summed E-state index contributed by atoms with van der Waals surface area (Å²) in [6, 6.07) is 10.2. The molecule has 2 rings (SSSR count). The number of hydrogen-bond acceptors (Lipinski definition) is 3. The molecule has 0 bridgehead atoms. The molecule has 0 atom stereocenters. The minimum atomic E-state index is -0.103. The second kappa shape index (κ2) is 7.45. The molecule has 1 amide bonds. The van der Waals surface area contributed by atoms with Crippen LogP contribution in [-0.4, -0.2) is 35.7 Å². The van der Waals surface area contributed by atoms with Gasteiger partial charge < -0.3 is 14.6 Å². The number of rotatable bonds is 7. The number of amides is 1. The van der Waals surface area contributed by atoms with E-state index >= 15 is 0 Å². The van der Waals surface area contributed by atoms with E-state index < -0.39 is 0 Å². The molecule has 1 aromatic carbocycles. The fourth-order valence-electron chi connectivity index (χ4n) is 1.99. The smallest absolute Gasteiger partial charge is 0.245 e. The molecule has 106 valence electrons. The predicted molar refractivity (Wildman–Crippen MR) is 76.4 cm³/mol. The van der Waals surface area contributed by atoms with Gasteiger partial charge in [-0.25, -0.2) is 4.98 Å². The third-order valence-corrected chi connectivity index (χ3v) is 2.94. The lowest BCUT2D eigenvalue weighted by Gasteiger charge is -2.08. The summed E-state index contributed by atoms with van der Waals surface area (Å²) in [5, 5.41) is 2.80. The van der Waals surface area contributed by atoms with Crippen LogP contribution >= 0.6 is 0 Å². The molecule has 20 heavy (non-hydrogen) atoms. The largest absolute Gasteiger partial charge is 0.375 e. The zero-order valence-electron chi connectivity index (χ0n) is 11.6. The molecule has 0 fully saturated rings. The van der Waals surface area contributed by atoms with Crippen molar-refractivity contribution in [2.24, 2.45) is 0 Å². The molecule has 1 aromatic heterocycles. The van der Waals surface area contributed by atoms with Crippen molar-refractivity contribution < 1.29 is 9.53 Å². The van der Waals surface area contributed by atoms with Crippen molar-refractivity contribution in [3.05, 3.63) is 54.1 Å². The number of ether oxygens (including phenoxy) is 1. The van der Waals surface area contributed by atoms with Crippen molar-refractivity contribution in [2.75, 3.05) is 20.3 Å². The molecule has 0 spiro atoms. The molecule has 0 aliphatic rings. The number of benzene rings is 1. The second-order valence-corrected chi connectivity index (χ2v) is 4.49. The standard InChI is InChI=1S/C15H19N3O2/c1-20-12-15(19)17-8-7-14-16-9-10-18(14)11-13-5-3-2-4-6-13/h2-6,9-10H,7-8,11-12H2,1H3,(H,17,19). The van der Waals surface area contributed by atoms with Gasteiger partial charge in [0.2, 0.25) is 5.91 Å². The molecule has 1 N–H and O–H groups in total. The van der Waals surface area contributed by atoms with Crippen molar-refractivity contribution in [3.8, 4) is 0 Å². The summed E-state index contributed by atoms with van der Waals surface area (Å²) in [5.74, 6) is 0.861. The number of nitrogens with one attached hydrogen (secondary N) is 1. The van der Waals surface area contributed by atoms with Gasteiger partial charge in [0.1, 0.15) is 12.4 Å². The Morgan fingerprint density at radius 2 is 2.15 bits per heavy atom. The summed E-state index contributed by atoms with van der Waals surface area (Å²) in [6.07, 6.45) is 4.45. The summed E-state index contributed by atoms with van der Waals surface area (Å²) in [4.78, 5) is 15.6. The van der Waals surface area contributed by atoms with Gasteiger partial charge in [-0.3, -0.25) is 4.79 Å². The zero-order valence-corrected chi connectivity index (χ0v) is 11.6. The molecule has 0 aliphatic heterocycles. The van der Waals surface area contributed by atoms with E-state index in [1.54, 1.807) is 6.20 Å². The van der Waals surface area contributed by atoms with Gasteiger partial charge in [-0.2, -0.15) is 0 Å². The van der Waals surface area contributed by atoms with Gasteiger partial charge in [-0.15, -0.1) is 0 Å². The first-order valence-electron chi connectivity index (χ1n) is 6.59. The van der Waals surface area contributed by atoms with Gasteiger partial charge in [-0.05, 0) is 5.56 Å². The Balaban J connectivity index is 1.87. The Morgan fingerprint density at radius 3 is 2.90 bits per heavy atom. The number of nitrogens with zero attached hydrogens (tertiary/aromatic N) is 2. The number of carbonyl (C=O) groups excluding carboxylic acids is 1. The topological polar surface area (TPSA) is 56.1 Å². The van der Waals surface area contributed by atoms with E-state index in [9.17, 15) is 4.79 Å². The van der Waals surface area contributed by atoms with Gasteiger partial charge in [0.05, 0.1) is 0 Å². The highest BCUT2D eigenvalue weighted by atomic mass is 16.5. The number of methoxy groups -OCH3 is 1. The maximum Gasteiger partial charge on any atom is 0.245 e. The lowest BCUT2D eigenvalue weighted by molar-refractivity contribution is -0.124. The van der Waals surface area contributed by atoms with Crippen molar-refractivity contribution in [2.45, 2.75) is 13.0 Å². The van der Waals surface area contributed by atoms with E-state index in [1.165, 1.54) is 12.7 Å². The molecule has 0 unspecified atom stereocenters. The molecule has 1 heterocycles. The molecule has 0 saturated heterocycles. The highest BCUT2D eigenvalue weighted by Gasteiger charge is 2.05. The van der Waals surface area contributed by atoms with Crippen molar-refractivity contribution in [1.29, 1.82) is 0 Å². The van der Waals surface area contributed by atoms with Crippen molar-refractivity contribution in [3.63, 3.8) is 0 Å². The average Bonchev–Trinajstić information content (AvgIpc) is 2.88. The van der Waals surface area contributed by atoms with Gasteiger partial charge >= 0.3 is 0 Å². The van der Waals surface area contributed by atoms with Crippen LogP contribution < -0.4 is 5.32 Å². The van der Waals surface area contributed by atoms with Crippen molar-refractivity contribution in [1.82, 2.24) is 14.9 Å². The summed E-state index contributed by atoms with van der Waals surface area (Å²) in [7, 11) is 1.51. The first-order valence-corrected chi connectivity index (χ1v) is 6.59. The van der Waals surface area contributed by atoms with Crippen LogP contribution in [0, 0.1) is 0 Å². The fourth-order valence-corrected chi connectivity index (χ4v) is 1.99. The molecule has 0 saturated carbocycles.